The molecule has 0 bridgehead atoms. The fourth-order valence-electron chi connectivity index (χ4n) is 3.24. The second-order valence-corrected chi connectivity index (χ2v) is 7.73. The molecule has 0 aliphatic rings. The lowest BCUT2D eigenvalue weighted by Gasteiger charge is -2.08. The van der Waals surface area contributed by atoms with Crippen molar-refractivity contribution >= 4 is 28.6 Å². The van der Waals surface area contributed by atoms with E-state index in [4.69, 9.17) is 5.10 Å². The average Bonchev–Trinajstić information content (AvgIpc) is 3.44. The molecule has 7 heteroatoms. The predicted octanol–water partition coefficient (Wildman–Crippen LogP) is 4.70. The zero-order chi connectivity index (χ0) is 20.3. The standard InChI is InChI=1S/C23H17N5OS/c29-22(14-16-6-2-1-3-7-16)24-18-9-4-8-17(15-18)19-11-12-21-25-26-23(28(21)27-19)20-10-5-13-30-20/h1-13,15H,14H2,(H,24,29). The van der Waals surface area contributed by atoms with E-state index in [1.165, 1.54) is 0 Å². The normalized spacial score (nSPS) is 10.9. The third-order valence-corrected chi connectivity index (χ3v) is 5.52. The number of hydrogen-bond acceptors (Lipinski definition) is 5. The molecule has 2 aromatic carbocycles. The molecule has 0 saturated carbocycles. The molecule has 1 N–H and O–H groups in total. The van der Waals surface area contributed by atoms with Gasteiger partial charge in [0, 0.05) is 11.3 Å². The Morgan fingerprint density at radius 2 is 1.83 bits per heavy atom. The van der Waals surface area contributed by atoms with Gasteiger partial charge in [-0.05, 0) is 41.3 Å². The molecule has 0 aliphatic heterocycles. The molecule has 3 heterocycles. The molecule has 5 aromatic rings. The summed E-state index contributed by atoms with van der Waals surface area (Å²) in [6.07, 6.45) is 0.333. The van der Waals surface area contributed by atoms with Crippen LogP contribution in [0.1, 0.15) is 5.56 Å². The van der Waals surface area contributed by atoms with E-state index in [0.717, 1.165) is 27.4 Å². The zero-order valence-electron chi connectivity index (χ0n) is 15.9. The number of anilines is 1. The van der Waals surface area contributed by atoms with Gasteiger partial charge < -0.3 is 5.32 Å². The zero-order valence-corrected chi connectivity index (χ0v) is 16.7. The summed E-state index contributed by atoms with van der Waals surface area (Å²) in [5.41, 5.74) is 4.08. The van der Waals surface area contributed by atoms with E-state index in [1.807, 2.05) is 84.2 Å². The summed E-state index contributed by atoms with van der Waals surface area (Å²) in [4.78, 5) is 13.4. The molecule has 0 fully saturated rings. The Balaban J connectivity index is 1.41. The van der Waals surface area contributed by atoms with Crippen molar-refractivity contribution in [1.82, 2.24) is 19.8 Å². The van der Waals surface area contributed by atoms with Gasteiger partial charge in [0.05, 0.1) is 17.0 Å². The van der Waals surface area contributed by atoms with Crippen molar-refractivity contribution in [2.24, 2.45) is 0 Å². The topological polar surface area (TPSA) is 72.2 Å². The van der Waals surface area contributed by atoms with Crippen LogP contribution in [0.5, 0.6) is 0 Å². The fourth-order valence-corrected chi connectivity index (χ4v) is 3.94. The number of hydrogen-bond donors (Lipinski definition) is 1. The quantitative estimate of drug-likeness (QED) is 0.455. The number of carbonyl (C=O) groups is 1. The minimum Gasteiger partial charge on any atom is -0.326 e. The van der Waals surface area contributed by atoms with Crippen molar-refractivity contribution in [2.75, 3.05) is 5.32 Å². The highest BCUT2D eigenvalue weighted by molar-refractivity contribution is 7.13. The number of amides is 1. The number of thiophene rings is 1. The third-order valence-electron chi connectivity index (χ3n) is 4.65. The first-order chi connectivity index (χ1) is 14.8. The number of carbonyl (C=O) groups excluding carboxylic acids is 1. The highest BCUT2D eigenvalue weighted by Gasteiger charge is 2.12. The largest absolute Gasteiger partial charge is 0.326 e. The molecular formula is C23H17N5OS. The lowest BCUT2D eigenvalue weighted by molar-refractivity contribution is -0.115. The number of nitrogens with one attached hydrogen (secondary N) is 1. The van der Waals surface area contributed by atoms with Gasteiger partial charge in [-0.2, -0.15) is 9.61 Å². The molecule has 6 nitrogen and oxygen atoms in total. The first-order valence-corrected chi connectivity index (χ1v) is 10.3. The molecule has 146 valence electrons. The van der Waals surface area contributed by atoms with Gasteiger partial charge in [-0.1, -0.05) is 48.5 Å². The Kier molecular flexibility index (Phi) is 4.78. The van der Waals surface area contributed by atoms with Crippen molar-refractivity contribution in [3.63, 3.8) is 0 Å². The number of benzene rings is 2. The SMILES string of the molecule is O=C(Cc1ccccc1)Nc1cccc(-c2ccc3nnc(-c4cccs4)n3n2)c1. The monoisotopic (exact) mass is 411 g/mol. The van der Waals surface area contributed by atoms with E-state index in [2.05, 4.69) is 15.5 Å². The molecule has 5 rings (SSSR count). The Labute approximate surface area is 176 Å². The molecule has 0 aliphatic carbocycles. The van der Waals surface area contributed by atoms with Gasteiger partial charge in [0.1, 0.15) is 0 Å². The van der Waals surface area contributed by atoms with Gasteiger partial charge in [-0.3, -0.25) is 4.79 Å². The van der Waals surface area contributed by atoms with Crippen LogP contribution in [0.2, 0.25) is 0 Å². The van der Waals surface area contributed by atoms with Gasteiger partial charge in [-0.15, -0.1) is 21.5 Å². The van der Waals surface area contributed by atoms with E-state index in [-0.39, 0.29) is 5.91 Å². The van der Waals surface area contributed by atoms with Crippen LogP contribution in [0.15, 0.2) is 84.2 Å². The van der Waals surface area contributed by atoms with Crippen LogP contribution < -0.4 is 5.32 Å². The fraction of sp³-hybridized carbons (Fsp3) is 0.0435. The molecule has 3 aromatic heterocycles. The van der Waals surface area contributed by atoms with E-state index in [0.29, 0.717) is 17.9 Å². The Morgan fingerprint density at radius 3 is 2.67 bits per heavy atom. The van der Waals surface area contributed by atoms with Gasteiger partial charge in [0.15, 0.2) is 11.5 Å². The first kappa shape index (κ1) is 18.2. The summed E-state index contributed by atoms with van der Waals surface area (Å²) in [7, 11) is 0. The van der Waals surface area contributed by atoms with E-state index in [9.17, 15) is 4.79 Å². The molecular weight excluding hydrogens is 394 g/mol. The molecule has 0 saturated heterocycles. The van der Waals surface area contributed by atoms with Crippen molar-refractivity contribution in [2.45, 2.75) is 6.42 Å². The summed E-state index contributed by atoms with van der Waals surface area (Å²) in [6.45, 7) is 0. The predicted molar refractivity (Wildman–Crippen MR) is 118 cm³/mol. The Morgan fingerprint density at radius 1 is 0.933 bits per heavy atom. The minimum absolute atomic E-state index is 0.0550. The van der Waals surface area contributed by atoms with Crippen molar-refractivity contribution in [3.05, 3.63) is 89.8 Å². The third kappa shape index (κ3) is 3.70. The molecule has 0 spiro atoms. The molecule has 0 atom stereocenters. The number of nitrogens with zero attached hydrogens (tertiary/aromatic N) is 4. The van der Waals surface area contributed by atoms with E-state index in [1.54, 1.807) is 15.9 Å². The van der Waals surface area contributed by atoms with Crippen LogP contribution in [0.25, 0.3) is 27.6 Å². The van der Waals surface area contributed by atoms with Gasteiger partial charge in [-0.25, -0.2) is 0 Å². The number of rotatable bonds is 5. The van der Waals surface area contributed by atoms with E-state index >= 15 is 0 Å². The Bertz CT molecular complexity index is 1310. The maximum atomic E-state index is 12.4. The maximum absolute atomic E-state index is 12.4. The van der Waals surface area contributed by atoms with Gasteiger partial charge in [0.25, 0.3) is 0 Å². The summed E-state index contributed by atoms with van der Waals surface area (Å²) in [5, 5.41) is 18.2. The van der Waals surface area contributed by atoms with Gasteiger partial charge >= 0.3 is 0 Å². The molecule has 1 amide bonds. The Hall–Kier alpha value is -3.84. The van der Waals surface area contributed by atoms with Crippen LogP contribution >= 0.6 is 11.3 Å². The summed E-state index contributed by atoms with van der Waals surface area (Å²) < 4.78 is 1.75. The van der Waals surface area contributed by atoms with Crippen molar-refractivity contribution in [1.29, 1.82) is 0 Å². The lowest BCUT2D eigenvalue weighted by atomic mass is 10.1. The summed E-state index contributed by atoms with van der Waals surface area (Å²) in [5.74, 6) is 0.662. The van der Waals surface area contributed by atoms with Crippen LogP contribution in [0, 0.1) is 0 Å². The van der Waals surface area contributed by atoms with Gasteiger partial charge in [0.2, 0.25) is 5.91 Å². The van der Waals surface area contributed by atoms with E-state index < -0.39 is 0 Å². The highest BCUT2D eigenvalue weighted by Crippen LogP contribution is 2.25. The highest BCUT2D eigenvalue weighted by atomic mass is 32.1. The summed E-state index contributed by atoms with van der Waals surface area (Å²) in [6, 6.07) is 25.1. The molecule has 0 radical (unpaired) electrons. The van der Waals surface area contributed by atoms with Crippen LogP contribution in [0.4, 0.5) is 5.69 Å². The van der Waals surface area contributed by atoms with Crippen LogP contribution in [0.3, 0.4) is 0 Å². The minimum atomic E-state index is -0.0550. The molecule has 0 unspecified atom stereocenters. The molecule has 30 heavy (non-hydrogen) atoms. The average molecular weight is 411 g/mol. The first-order valence-electron chi connectivity index (χ1n) is 9.47. The second-order valence-electron chi connectivity index (χ2n) is 6.78. The lowest BCUT2D eigenvalue weighted by Crippen LogP contribution is -2.14. The van der Waals surface area contributed by atoms with Crippen molar-refractivity contribution < 1.29 is 4.79 Å². The maximum Gasteiger partial charge on any atom is 0.228 e. The smallest absolute Gasteiger partial charge is 0.228 e. The van der Waals surface area contributed by atoms with Crippen molar-refractivity contribution in [3.8, 4) is 22.0 Å². The van der Waals surface area contributed by atoms with Crippen LogP contribution in [-0.4, -0.2) is 25.7 Å². The number of aromatic nitrogens is 4. The summed E-state index contributed by atoms with van der Waals surface area (Å²) >= 11 is 1.60. The van der Waals surface area contributed by atoms with Crippen LogP contribution in [-0.2, 0) is 11.2 Å². The number of fused-ring (bicyclic) bond motifs is 1. The second kappa shape index (κ2) is 7.88.